The number of benzene rings is 3. The first kappa shape index (κ1) is 19.1. The van der Waals surface area contributed by atoms with Crippen LogP contribution in [0.1, 0.15) is 41.5 Å². The van der Waals surface area contributed by atoms with E-state index in [0.29, 0.717) is 6.42 Å². The van der Waals surface area contributed by atoms with Crippen LogP contribution in [-0.4, -0.2) is 5.78 Å². The van der Waals surface area contributed by atoms with E-state index in [-0.39, 0.29) is 17.7 Å². The average molecular weight is 459 g/mol. The second-order valence-electron chi connectivity index (χ2n) is 8.10. The van der Waals surface area contributed by atoms with Crippen molar-refractivity contribution >= 4 is 33.1 Å². The second-order valence-corrected chi connectivity index (χ2v) is 8.96. The highest BCUT2D eigenvalue weighted by atomic mass is 79.9. The minimum atomic E-state index is -0.196. The Kier molecular flexibility index (Phi) is 4.95. The van der Waals surface area contributed by atoms with E-state index in [1.807, 2.05) is 30.3 Å². The summed E-state index contributed by atoms with van der Waals surface area (Å²) in [5, 5.41) is 7.24. The van der Waals surface area contributed by atoms with E-state index in [4.69, 9.17) is 0 Å². The third kappa shape index (κ3) is 3.46. The number of allylic oxidation sites excluding steroid dienone is 1. The molecule has 0 saturated carbocycles. The molecule has 2 N–H and O–H groups in total. The zero-order chi connectivity index (χ0) is 20.7. The largest absolute Gasteiger partial charge is 0.372 e. The summed E-state index contributed by atoms with van der Waals surface area (Å²) in [5.41, 5.74) is 7.43. The Morgan fingerprint density at radius 3 is 2.33 bits per heavy atom. The summed E-state index contributed by atoms with van der Waals surface area (Å²) < 4.78 is 1.00. The highest BCUT2D eigenvalue weighted by Crippen LogP contribution is 2.45. The maximum atomic E-state index is 13.5. The molecular formula is C26H23BrN2O. The summed E-state index contributed by atoms with van der Waals surface area (Å²) >= 11 is 3.69. The van der Waals surface area contributed by atoms with Crippen LogP contribution in [0.4, 0.5) is 11.4 Å². The Balaban J connectivity index is 1.62. The van der Waals surface area contributed by atoms with E-state index < -0.39 is 0 Å². The monoisotopic (exact) mass is 458 g/mol. The third-order valence-corrected chi connectivity index (χ3v) is 6.80. The Hall–Kier alpha value is -2.85. The first-order valence-corrected chi connectivity index (χ1v) is 11.1. The standard InChI is InChI=1S/C26H23BrN2O/c1-16-10-12-17(13-11-16)18-14-23-25(24(30)15-18)26(19-6-2-3-7-20(19)27)29-22-9-5-4-8-21(22)28-23/h2-13,18,26,28-29H,14-15H2,1H3. The third-order valence-electron chi connectivity index (χ3n) is 6.07. The lowest BCUT2D eigenvalue weighted by Gasteiger charge is -2.30. The number of fused-ring (bicyclic) bond motifs is 1. The van der Waals surface area contributed by atoms with Gasteiger partial charge in [0.1, 0.15) is 0 Å². The highest BCUT2D eigenvalue weighted by molar-refractivity contribution is 9.10. The molecule has 5 rings (SSSR count). The summed E-state index contributed by atoms with van der Waals surface area (Å²) in [4.78, 5) is 13.5. The van der Waals surface area contributed by atoms with Crippen LogP contribution in [0.3, 0.4) is 0 Å². The van der Waals surface area contributed by atoms with E-state index in [9.17, 15) is 4.79 Å². The van der Waals surface area contributed by atoms with Crippen LogP contribution < -0.4 is 10.6 Å². The van der Waals surface area contributed by atoms with Crippen LogP contribution in [0.15, 0.2) is 88.5 Å². The number of carbonyl (C=O) groups excluding carboxylic acids is 1. The second kappa shape index (κ2) is 7.77. The number of aryl methyl sites for hydroxylation is 1. The highest BCUT2D eigenvalue weighted by Gasteiger charge is 2.36. The van der Waals surface area contributed by atoms with Gasteiger partial charge in [-0.25, -0.2) is 0 Å². The van der Waals surface area contributed by atoms with Crippen LogP contribution in [0.25, 0.3) is 0 Å². The van der Waals surface area contributed by atoms with Gasteiger partial charge in [-0.2, -0.15) is 0 Å². The summed E-state index contributed by atoms with van der Waals surface area (Å²) in [5.74, 6) is 0.393. The maximum absolute atomic E-state index is 13.5. The smallest absolute Gasteiger partial charge is 0.163 e. The summed E-state index contributed by atoms with van der Waals surface area (Å²) in [6.45, 7) is 2.09. The lowest BCUT2D eigenvalue weighted by Crippen LogP contribution is -2.27. The van der Waals surface area contributed by atoms with Gasteiger partial charge >= 0.3 is 0 Å². The first-order valence-electron chi connectivity index (χ1n) is 10.3. The van der Waals surface area contributed by atoms with Crippen LogP contribution in [0, 0.1) is 6.92 Å². The van der Waals surface area contributed by atoms with Gasteiger partial charge in [-0.05, 0) is 48.6 Å². The van der Waals surface area contributed by atoms with Gasteiger partial charge in [0, 0.05) is 22.2 Å². The summed E-state index contributed by atoms with van der Waals surface area (Å²) in [6.07, 6.45) is 1.35. The molecular weight excluding hydrogens is 436 g/mol. The number of hydrogen-bond donors (Lipinski definition) is 2. The van der Waals surface area contributed by atoms with Crippen molar-refractivity contribution < 1.29 is 4.79 Å². The number of hydrogen-bond acceptors (Lipinski definition) is 3. The summed E-state index contributed by atoms with van der Waals surface area (Å²) in [6, 6.07) is 24.7. The van der Waals surface area contributed by atoms with E-state index in [1.54, 1.807) is 0 Å². The number of anilines is 2. The molecule has 150 valence electrons. The topological polar surface area (TPSA) is 41.1 Å². The Morgan fingerprint density at radius 1 is 0.867 bits per heavy atom. The fourth-order valence-corrected chi connectivity index (χ4v) is 5.02. The molecule has 2 aliphatic rings. The molecule has 0 bridgehead atoms. The van der Waals surface area contributed by atoms with Crippen molar-refractivity contribution in [2.24, 2.45) is 0 Å². The van der Waals surface area contributed by atoms with Crippen molar-refractivity contribution in [1.29, 1.82) is 0 Å². The van der Waals surface area contributed by atoms with E-state index >= 15 is 0 Å². The molecule has 1 aliphatic heterocycles. The fourth-order valence-electron chi connectivity index (χ4n) is 4.51. The number of para-hydroxylation sites is 2. The average Bonchev–Trinajstić information content (AvgIpc) is 2.91. The van der Waals surface area contributed by atoms with E-state index in [0.717, 1.165) is 39.1 Å². The number of carbonyl (C=O) groups is 1. The fraction of sp³-hybridized carbons (Fsp3) is 0.192. The molecule has 3 nitrogen and oxygen atoms in total. The molecule has 3 aromatic rings. The molecule has 4 heteroatoms. The normalized spacial score (nSPS) is 20.5. The van der Waals surface area contributed by atoms with Gasteiger partial charge in [0.05, 0.1) is 17.4 Å². The van der Waals surface area contributed by atoms with Crippen LogP contribution >= 0.6 is 15.9 Å². The van der Waals surface area contributed by atoms with Crippen molar-refractivity contribution in [2.45, 2.75) is 31.7 Å². The Bertz CT molecular complexity index is 1150. The predicted molar refractivity (Wildman–Crippen MR) is 126 cm³/mol. The number of Topliss-reactive ketones (excluding diaryl/α,β-unsaturated/α-hetero) is 1. The van der Waals surface area contributed by atoms with Crippen LogP contribution in [-0.2, 0) is 4.79 Å². The number of ketones is 1. The van der Waals surface area contributed by atoms with E-state index in [2.05, 4.69) is 76.0 Å². The van der Waals surface area contributed by atoms with Gasteiger partial charge in [0.25, 0.3) is 0 Å². The predicted octanol–water partition coefficient (Wildman–Crippen LogP) is 6.74. The first-order chi connectivity index (χ1) is 14.6. The van der Waals surface area contributed by atoms with Crippen molar-refractivity contribution in [3.8, 4) is 0 Å². The molecule has 1 heterocycles. The zero-order valence-corrected chi connectivity index (χ0v) is 18.4. The molecule has 0 aromatic heterocycles. The van der Waals surface area contributed by atoms with Crippen molar-refractivity contribution in [3.05, 3.63) is 105 Å². The number of halogens is 1. The van der Waals surface area contributed by atoms with Gasteiger partial charge in [-0.3, -0.25) is 4.79 Å². The lowest BCUT2D eigenvalue weighted by atomic mass is 9.78. The molecule has 0 spiro atoms. The molecule has 30 heavy (non-hydrogen) atoms. The van der Waals surface area contributed by atoms with Crippen molar-refractivity contribution in [2.75, 3.05) is 10.6 Å². The van der Waals surface area contributed by atoms with Gasteiger partial charge in [0.15, 0.2) is 5.78 Å². The molecule has 0 radical (unpaired) electrons. The molecule has 0 fully saturated rings. The quantitative estimate of drug-likeness (QED) is 0.446. The van der Waals surface area contributed by atoms with E-state index in [1.165, 1.54) is 11.1 Å². The van der Waals surface area contributed by atoms with Crippen LogP contribution in [0.5, 0.6) is 0 Å². The summed E-state index contributed by atoms with van der Waals surface area (Å²) in [7, 11) is 0. The zero-order valence-electron chi connectivity index (χ0n) is 16.8. The van der Waals surface area contributed by atoms with Gasteiger partial charge in [0.2, 0.25) is 0 Å². The maximum Gasteiger partial charge on any atom is 0.163 e. The van der Waals surface area contributed by atoms with Crippen molar-refractivity contribution in [3.63, 3.8) is 0 Å². The minimum Gasteiger partial charge on any atom is -0.372 e. The van der Waals surface area contributed by atoms with Crippen LogP contribution in [0.2, 0.25) is 0 Å². The molecule has 1 aliphatic carbocycles. The van der Waals surface area contributed by atoms with Gasteiger partial charge in [-0.15, -0.1) is 0 Å². The minimum absolute atomic E-state index is 0.189. The molecule has 3 aromatic carbocycles. The van der Waals surface area contributed by atoms with Gasteiger partial charge in [-0.1, -0.05) is 76.1 Å². The Morgan fingerprint density at radius 2 is 1.57 bits per heavy atom. The Labute approximate surface area is 185 Å². The SMILES string of the molecule is Cc1ccc(C2CC(=O)C3=C(C2)Nc2ccccc2NC3c2ccccc2Br)cc1. The number of rotatable bonds is 2. The van der Waals surface area contributed by atoms with Crippen molar-refractivity contribution in [1.82, 2.24) is 0 Å². The number of nitrogens with one attached hydrogen (secondary N) is 2. The molecule has 0 amide bonds. The van der Waals surface area contributed by atoms with Gasteiger partial charge < -0.3 is 10.6 Å². The molecule has 2 atom stereocenters. The molecule has 0 saturated heterocycles. The molecule has 2 unspecified atom stereocenters. The lowest BCUT2D eigenvalue weighted by molar-refractivity contribution is -0.116.